The lowest BCUT2D eigenvalue weighted by Crippen LogP contribution is -1.92. The van der Waals surface area contributed by atoms with Crippen LogP contribution >= 0.6 is 11.8 Å². The van der Waals surface area contributed by atoms with Gasteiger partial charge in [0.25, 0.3) is 0 Å². The van der Waals surface area contributed by atoms with E-state index in [-0.39, 0.29) is 5.82 Å². The second-order valence-corrected chi connectivity index (χ2v) is 3.51. The van der Waals surface area contributed by atoms with Crippen molar-refractivity contribution >= 4 is 11.8 Å². The van der Waals surface area contributed by atoms with Crippen molar-refractivity contribution in [2.45, 2.75) is 4.90 Å². The summed E-state index contributed by atoms with van der Waals surface area (Å²) in [5, 5.41) is 0. The Morgan fingerprint density at radius 2 is 2.08 bits per heavy atom. The van der Waals surface area contributed by atoms with E-state index in [9.17, 15) is 4.39 Å². The molecule has 0 saturated carbocycles. The topological polar surface area (TPSA) is 26.0 Å². The standard InChI is InChI=1S/C10H12FNS/c11-9-5-1-2-6-10(9)13-8-4-3-7-12/h1-6H,7-8,12H2. The Balaban J connectivity index is 2.45. The molecule has 70 valence electrons. The monoisotopic (exact) mass is 197 g/mol. The van der Waals surface area contributed by atoms with Gasteiger partial charge in [0, 0.05) is 17.2 Å². The number of thioether (sulfide) groups is 1. The van der Waals surface area contributed by atoms with Gasteiger partial charge in [-0.1, -0.05) is 24.3 Å². The highest BCUT2D eigenvalue weighted by Gasteiger charge is 1.98. The van der Waals surface area contributed by atoms with Crippen molar-refractivity contribution in [2.75, 3.05) is 12.3 Å². The molecule has 3 heteroatoms. The van der Waals surface area contributed by atoms with Crippen LogP contribution in [-0.2, 0) is 0 Å². The van der Waals surface area contributed by atoms with Crippen LogP contribution < -0.4 is 5.73 Å². The van der Waals surface area contributed by atoms with Crippen molar-refractivity contribution in [1.29, 1.82) is 0 Å². The lowest BCUT2D eigenvalue weighted by Gasteiger charge is -1.98. The molecule has 0 fully saturated rings. The molecule has 0 bridgehead atoms. The molecule has 0 saturated heterocycles. The van der Waals surface area contributed by atoms with Crippen LogP contribution in [0.3, 0.4) is 0 Å². The number of hydrogen-bond acceptors (Lipinski definition) is 2. The molecule has 1 aromatic carbocycles. The Labute approximate surface area is 81.8 Å². The van der Waals surface area contributed by atoms with Crippen LogP contribution in [0.4, 0.5) is 4.39 Å². The maximum absolute atomic E-state index is 13.0. The van der Waals surface area contributed by atoms with Gasteiger partial charge in [0.2, 0.25) is 0 Å². The van der Waals surface area contributed by atoms with Crippen LogP contribution in [0, 0.1) is 5.82 Å². The summed E-state index contributed by atoms with van der Waals surface area (Å²) < 4.78 is 13.0. The van der Waals surface area contributed by atoms with E-state index in [1.165, 1.54) is 17.8 Å². The Morgan fingerprint density at radius 3 is 2.77 bits per heavy atom. The van der Waals surface area contributed by atoms with Gasteiger partial charge in [0.05, 0.1) is 0 Å². The third kappa shape index (κ3) is 3.61. The van der Waals surface area contributed by atoms with Crippen LogP contribution in [0.15, 0.2) is 41.3 Å². The minimum absolute atomic E-state index is 0.159. The zero-order valence-corrected chi connectivity index (χ0v) is 8.06. The second-order valence-electron chi connectivity index (χ2n) is 2.45. The Morgan fingerprint density at radius 1 is 1.31 bits per heavy atom. The van der Waals surface area contributed by atoms with Crippen LogP contribution in [-0.4, -0.2) is 12.3 Å². The predicted molar refractivity (Wildman–Crippen MR) is 55.3 cm³/mol. The van der Waals surface area contributed by atoms with Gasteiger partial charge < -0.3 is 5.73 Å². The molecule has 0 aromatic heterocycles. The third-order valence-electron chi connectivity index (χ3n) is 1.47. The molecule has 0 amide bonds. The van der Waals surface area contributed by atoms with Gasteiger partial charge in [0.1, 0.15) is 5.82 Å². The van der Waals surface area contributed by atoms with Crippen molar-refractivity contribution in [2.24, 2.45) is 5.73 Å². The first-order valence-corrected chi connectivity index (χ1v) is 5.05. The molecule has 0 unspecified atom stereocenters. The number of halogens is 1. The van der Waals surface area contributed by atoms with Gasteiger partial charge in [-0.25, -0.2) is 4.39 Å². The van der Waals surface area contributed by atoms with E-state index in [1.807, 2.05) is 18.2 Å². The van der Waals surface area contributed by atoms with Crippen molar-refractivity contribution in [3.63, 3.8) is 0 Å². The van der Waals surface area contributed by atoms with Crippen LogP contribution in [0.5, 0.6) is 0 Å². The fourth-order valence-corrected chi connectivity index (χ4v) is 1.66. The lowest BCUT2D eigenvalue weighted by molar-refractivity contribution is 0.602. The van der Waals surface area contributed by atoms with Crippen molar-refractivity contribution in [1.82, 2.24) is 0 Å². The average molecular weight is 197 g/mol. The maximum Gasteiger partial charge on any atom is 0.136 e. The van der Waals surface area contributed by atoms with Gasteiger partial charge in [-0.3, -0.25) is 0 Å². The highest BCUT2D eigenvalue weighted by atomic mass is 32.2. The molecule has 13 heavy (non-hydrogen) atoms. The molecule has 1 aromatic rings. The quantitative estimate of drug-likeness (QED) is 0.592. The number of hydrogen-bond donors (Lipinski definition) is 1. The molecular formula is C10H12FNS. The Hall–Kier alpha value is -0.800. The van der Waals surface area contributed by atoms with Crippen LogP contribution in [0.1, 0.15) is 0 Å². The van der Waals surface area contributed by atoms with Gasteiger partial charge in [-0.05, 0) is 12.1 Å². The first-order valence-electron chi connectivity index (χ1n) is 4.07. The van der Waals surface area contributed by atoms with E-state index in [0.717, 1.165) is 5.75 Å². The molecular weight excluding hydrogens is 185 g/mol. The zero-order valence-electron chi connectivity index (χ0n) is 7.24. The van der Waals surface area contributed by atoms with Gasteiger partial charge in [-0.2, -0.15) is 0 Å². The SMILES string of the molecule is NCC=CCSc1ccccc1F. The largest absolute Gasteiger partial charge is 0.327 e. The lowest BCUT2D eigenvalue weighted by atomic mass is 10.3. The fraction of sp³-hybridized carbons (Fsp3) is 0.200. The molecule has 0 spiro atoms. The Kier molecular flexibility index (Phi) is 4.57. The van der Waals surface area contributed by atoms with Gasteiger partial charge >= 0.3 is 0 Å². The first-order chi connectivity index (χ1) is 6.34. The van der Waals surface area contributed by atoms with Crippen molar-refractivity contribution in [3.05, 3.63) is 42.2 Å². The fourth-order valence-electron chi connectivity index (χ4n) is 0.864. The van der Waals surface area contributed by atoms with E-state index in [1.54, 1.807) is 12.1 Å². The van der Waals surface area contributed by atoms with Gasteiger partial charge in [0.15, 0.2) is 0 Å². The summed E-state index contributed by atoms with van der Waals surface area (Å²) in [7, 11) is 0. The van der Waals surface area contributed by atoms with E-state index >= 15 is 0 Å². The highest BCUT2D eigenvalue weighted by Crippen LogP contribution is 2.20. The van der Waals surface area contributed by atoms with Crippen molar-refractivity contribution in [3.8, 4) is 0 Å². The van der Waals surface area contributed by atoms with Gasteiger partial charge in [-0.15, -0.1) is 11.8 Å². The second kappa shape index (κ2) is 5.78. The maximum atomic E-state index is 13.0. The minimum Gasteiger partial charge on any atom is -0.327 e. The zero-order chi connectivity index (χ0) is 9.52. The molecule has 0 heterocycles. The van der Waals surface area contributed by atoms with E-state index < -0.39 is 0 Å². The summed E-state index contributed by atoms with van der Waals surface area (Å²) in [6.45, 7) is 0.540. The Bertz CT molecular complexity index is 286. The number of rotatable bonds is 4. The summed E-state index contributed by atoms with van der Waals surface area (Å²) in [6, 6.07) is 6.76. The molecule has 0 aliphatic heterocycles. The summed E-state index contributed by atoms with van der Waals surface area (Å²) in [5.74, 6) is 0.603. The smallest absolute Gasteiger partial charge is 0.136 e. The highest BCUT2D eigenvalue weighted by molar-refractivity contribution is 7.99. The first kappa shape index (κ1) is 10.3. The van der Waals surface area contributed by atoms with Crippen molar-refractivity contribution < 1.29 is 4.39 Å². The van der Waals surface area contributed by atoms with E-state index in [2.05, 4.69) is 0 Å². The van der Waals surface area contributed by atoms with E-state index in [4.69, 9.17) is 5.73 Å². The molecule has 1 nitrogen and oxygen atoms in total. The number of nitrogens with two attached hydrogens (primary N) is 1. The average Bonchev–Trinajstić information content (AvgIpc) is 2.15. The van der Waals surface area contributed by atoms with Crippen LogP contribution in [0.25, 0.3) is 0 Å². The molecule has 1 rings (SSSR count). The summed E-state index contributed by atoms with van der Waals surface area (Å²) >= 11 is 1.47. The molecule has 0 aliphatic carbocycles. The molecule has 2 N–H and O–H groups in total. The minimum atomic E-state index is -0.159. The summed E-state index contributed by atoms with van der Waals surface area (Å²) in [6.07, 6.45) is 3.81. The normalized spacial score (nSPS) is 10.9. The molecule has 0 radical (unpaired) electrons. The number of benzene rings is 1. The van der Waals surface area contributed by atoms with E-state index in [0.29, 0.717) is 11.4 Å². The molecule has 0 atom stereocenters. The summed E-state index contributed by atoms with van der Waals surface area (Å²) in [4.78, 5) is 0.684. The summed E-state index contributed by atoms with van der Waals surface area (Å²) in [5.41, 5.74) is 5.27. The van der Waals surface area contributed by atoms with Crippen LogP contribution in [0.2, 0.25) is 0 Å². The predicted octanol–water partition coefficient (Wildman–Crippen LogP) is 2.43. The molecule has 0 aliphatic rings. The third-order valence-corrected chi connectivity index (χ3v) is 2.48.